The number of nitrogens with zero attached hydrogens (tertiary/aromatic N) is 1. The molecule has 0 bridgehead atoms. The van der Waals surface area contributed by atoms with E-state index in [1.807, 2.05) is 0 Å². The summed E-state index contributed by atoms with van der Waals surface area (Å²) in [7, 11) is 0. The van der Waals surface area contributed by atoms with Crippen LogP contribution in [-0.4, -0.2) is 16.7 Å². The van der Waals surface area contributed by atoms with Gasteiger partial charge in [0, 0.05) is 28.0 Å². The summed E-state index contributed by atoms with van der Waals surface area (Å²) in [6.45, 7) is 0. The summed E-state index contributed by atoms with van der Waals surface area (Å²) in [6.07, 6.45) is -0.627. The molecule has 0 aliphatic carbocycles. The van der Waals surface area contributed by atoms with Gasteiger partial charge in [-0.05, 0) is 30.3 Å². The number of hydrogen-bond acceptors (Lipinski definition) is 5. The SMILES string of the molecule is O=C([O-])Cc1cccc(C(=O)c2ccc(Br)cc2)c1[N+](=O)[O-].[Na+]. The Balaban J connectivity index is 0.00000264. The molecule has 0 fully saturated rings. The number of carbonyl (C=O) groups excluding carboxylic acids is 2. The second-order valence-corrected chi connectivity index (χ2v) is 5.37. The Morgan fingerprint density at radius 3 is 2.22 bits per heavy atom. The van der Waals surface area contributed by atoms with Gasteiger partial charge in [-0.3, -0.25) is 14.9 Å². The molecule has 0 heterocycles. The predicted molar refractivity (Wildman–Crippen MR) is 79.4 cm³/mol. The molecule has 8 heteroatoms. The molecule has 0 aliphatic heterocycles. The van der Waals surface area contributed by atoms with Crippen LogP contribution in [0, 0.1) is 10.1 Å². The average molecular weight is 386 g/mol. The maximum absolute atomic E-state index is 12.4. The monoisotopic (exact) mass is 385 g/mol. The first-order valence-electron chi connectivity index (χ1n) is 6.16. The van der Waals surface area contributed by atoms with Crippen LogP contribution < -0.4 is 34.7 Å². The summed E-state index contributed by atoms with van der Waals surface area (Å²) in [5, 5.41) is 22.0. The van der Waals surface area contributed by atoms with E-state index in [1.165, 1.54) is 30.3 Å². The molecule has 0 aliphatic rings. The number of ketones is 1. The predicted octanol–water partition coefficient (Wildman–Crippen LogP) is -1.12. The first-order chi connectivity index (χ1) is 10.4. The number of para-hydroxylation sites is 1. The average Bonchev–Trinajstić information content (AvgIpc) is 2.46. The normalized spacial score (nSPS) is 9.78. The van der Waals surface area contributed by atoms with E-state index >= 15 is 0 Å². The number of benzene rings is 2. The zero-order valence-electron chi connectivity index (χ0n) is 12.1. The van der Waals surface area contributed by atoms with Crippen LogP contribution in [0.15, 0.2) is 46.9 Å². The zero-order chi connectivity index (χ0) is 16.3. The standard InChI is InChI=1S/C15H10BrNO5.Na/c16-11-6-4-9(5-7-11)15(20)12-3-1-2-10(8-13(18)19)14(12)17(21)22;/h1-7H,8H2,(H,18,19);/q;+1/p-1. The van der Waals surface area contributed by atoms with E-state index < -0.39 is 28.8 Å². The first kappa shape index (κ1) is 19.5. The van der Waals surface area contributed by atoms with Crippen LogP contribution >= 0.6 is 15.9 Å². The third-order valence-corrected chi connectivity index (χ3v) is 3.52. The molecule has 23 heavy (non-hydrogen) atoms. The summed E-state index contributed by atoms with van der Waals surface area (Å²) in [4.78, 5) is 33.6. The summed E-state index contributed by atoms with van der Waals surface area (Å²) in [6, 6.07) is 10.4. The third kappa shape index (κ3) is 4.71. The van der Waals surface area contributed by atoms with Crippen molar-refractivity contribution in [1.82, 2.24) is 0 Å². The van der Waals surface area contributed by atoms with Crippen molar-refractivity contribution in [1.29, 1.82) is 0 Å². The fourth-order valence-corrected chi connectivity index (χ4v) is 2.31. The number of halogens is 1. The molecule has 0 aromatic heterocycles. The summed E-state index contributed by atoms with van der Waals surface area (Å²) >= 11 is 3.24. The molecule has 0 unspecified atom stereocenters. The van der Waals surface area contributed by atoms with E-state index in [0.29, 0.717) is 0 Å². The Hall–Kier alpha value is -1.54. The fourth-order valence-electron chi connectivity index (χ4n) is 2.05. The molecule has 0 radical (unpaired) electrons. The van der Waals surface area contributed by atoms with Crippen molar-refractivity contribution in [3.8, 4) is 0 Å². The molecular formula is C15H9BrNNaO5. The van der Waals surface area contributed by atoms with Gasteiger partial charge in [-0.2, -0.15) is 0 Å². The number of nitro groups is 1. The van der Waals surface area contributed by atoms with Crippen LogP contribution in [0.3, 0.4) is 0 Å². The minimum atomic E-state index is -1.45. The first-order valence-corrected chi connectivity index (χ1v) is 6.96. The minimum Gasteiger partial charge on any atom is -0.550 e. The maximum Gasteiger partial charge on any atom is 1.00 e. The minimum absolute atomic E-state index is 0. The molecule has 6 nitrogen and oxygen atoms in total. The van der Waals surface area contributed by atoms with Crippen LogP contribution in [0.5, 0.6) is 0 Å². The van der Waals surface area contributed by atoms with Gasteiger partial charge in [-0.25, -0.2) is 0 Å². The van der Waals surface area contributed by atoms with Crippen molar-refractivity contribution in [2.45, 2.75) is 6.42 Å². The Kier molecular flexibility index (Phi) is 7.08. The number of carbonyl (C=O) groups is 2. The molecule has 0 amide bonds. The molecule has 0 saturated carbocycles. The number of aliphatic carboxylic acids is 1. The van der Waals surface area contributed by atoms with Crippen LogP contribution in [0.25, 0.3) is 0 Å². The van der Waals surface area contributed by atoms with Crippen molar-refractivity contribution in [2.24, 2.45) is 0 Å². The van der Waals surface area contributed by atoms with Gasteiger partial charge in [0.15, 0.2) is 5.78 Å². The summed E-state index contributed by atoms with van der Waals surface area (Å²) < 4.78 is 0.768. The van der Waals surface area contributed by atoms with Crippen molar-refractivity contribution in [3.63, 3.8) is 0 Å². The van der Waals surface area contributed by atoms with Crippen molar-refractivity contribution < 1.29 is 49.2 Å². The fraction of sp³-hybridized carbons (Fsp3) is 0.0667. The van der Waals surface area contributed by atoms with Gasteiger partial charge in [-0.1, -0.05) is 28.1 Å². The molecule has 0 saturated heterocycles. The van der Waals surface area contributed by atoms with E-state index in [-0.39, 0.29) is 46.2 Å². The number of hydrogen-bond donors (Lipinski definition) is 0. The molecule has 0 N–H and O–H groups in total. The molecular weight excluding hydrogens is 377 g/mol. The van der Waals surface area contributed by atoms with Crippen molar-refractivity contribution in [2.75, 3.05) is 0 Å². The van der Waals surface area contributed by atoms with Crippen LogP contribution in [-0.2, 0) is 11.2 Å². The van der Waals surface area contributed by atoms with Gasteiger partial charge in [0.1, 0.15) is 5.56 Å². The quantitative estimate of drug-likeness (QED) is 0.281. The van der Waals surface area contributed by atoms with E-state index in [2.05, 4.69) is 15.9 Å². The van der Waals surface area contributed by atoms with E-state index in [9.17, 15) is 24.8 Å². The molecule has 2 aromatic rings. The largest absolute Gasteiger partial charge is 1.00 e. The second kappa shape index (κ2) is 8.35. The Morgan fingerprint density at radius 2 is 1.70 bits per heavy atom. The molecule has 2 aromatic carbocycles. The van der Waals surface area contributed by atoms with Crippen LogP contribution in [0.1, 0.15) is 21.5 Å². The van der Waals surface area contributed by atoms with E-state index in [1.54, 1.807) is 12.1 Å². The summed E-state index contributed by atoms with van der Waals surface area (Å²) in [5.41, 5.74) is -0.435. The topological polar surface area (TPSA) is 100 Å². The number of carboxylic acids is 1. The number of carboxylic acid groups (broad SMARTS) is 1. The van der Waals surface area contributed by atoms with Gasteiger partial charge < -0.3 is 9.90 Å². The number of nitro benzene ring substituents is 1. The Morgan fingerprint density at radius 1 is 1.09 bits per heavy atom. The Bertz CT molecular complexity index is 761. The second-order valence-electron chi connectivity index (χ2n) is 4.46. The molecule has 112 valence electrons. The maximum atomic E-state index is 12.4. The van der Waals surface area contributed by atoms with E-state index in [0.717, 1.165) is 4.47 Å². The van der Waals surface area contributed by atoms with Gasteiger partial charge in [0.2, 0.25) is 0 Å². The van der Waals surface area contributed by atoms with Crippen LogP contribution in [0.4, 0.5) is 5.69 Å². The molecule has 0 spiro atoms. The van der Waals surface area contributed by atoms with Crippen molar-refractivity contribution in [3.05, 3.63) is 73.7 Å². The zero-order valence-corrected chi connectivity index (χ0v) is 15.7. The smallest absolute Gasteiger partial charge is 0.550 e. The van der Waals surface area contributed by atoms with Crippen LogP contribution in [0.2, 0.25) is 0 Å². The third-order valence-electron chi connectivity index (χ3n) is 2.99. The van der Waals surface area contributed by atoms with E-state index in [4.69, 9.17) is 0 Å². The van der Waals surface area contributed by atoms with Gasteiger partial charge in [0.05, 0.1) is 4.92 Å². The van der Waals surface area contributed by atoms with Crippen molar-refractivity contribution >= 4 is 33.4 Å². The Labute approximate surface area is 162 Å². The van der Waals surface area contributed by atoms with Gasteiger partial charge in [0.25, 0.3) is 5.69 Å². The van der Waals surface area contributed by atoms with Gasteiger partial charge >= 0.3 is 29.6 Å². The number of rotatable bonds is 5. The summed E-state index contributed by atoms with van der Waals surface area (Å²) in [5.74, 6) is -1.99. The molecule has 2 rings (SSSR count). The molecule has 0 atom stereocenters. The van der Waals surface area contributed by atoms with Gasteiger partial charge in [-0.15, -0.1) is 0 Å².